The number of aryl methyl sites for hydroxylation is 1. The van der Waals surface area contributed by atoms with Crippen molar-refractivity contribution in [2.24, 2.45) is 10.7 Å². The molecular weight excluding hydrogens is 300 g/mol. The summed E-state index contributed by atoms with van der Waals surface area (Å²) >= 11 is 0. The molecule has 0 amide bonds. The molecule has 2 aromatic carbocycles. The third-order valence-electron chi connectivity index (χ3n) is 3.92. The molecule has 3 aromatic rings. The maximum absolute atomic E-state index is 5.97. The summed E-state index contributed by atoms with van der Waals surface area (Å²) in [6.07, 6.45) is 2.80. The van der Waals surface area contributed by atoms with Crippen LogP contribution in [0.4, 0.5) is 5.69 Å². The minimum absolute atomic E-state index is 0.424. The Morgan fingerprint density at radius 2 is 2.08 bits per heavy atom. The highest BCUT2D eigenvalue weighted by molar-refractivity contribution is 5.92. The number of hydrogen-bond donors (Lipinski definition) is 3. The molecule has 5 nitrogen and oxygen atoms in total. The van der Waals surface area contributed by atoms with E-state index < -0.39 is 0 Å². The van der Waals surface area contributed by atoms with Crippen molar-refractivity contribution in [2.45, 2.75) is 13.3 Å². The summed E-state index contributed by atoms with van der Waals surface area (Å²) in [5.74, 6) is 1.30. The van der Waals surface area contributed by atoms with E-state index in [1.807, 2.05) is 55.6 Å². The number of nitrogens with zero attached hydrogens (tertiary/aromatic N) is 1. The van der Waals surface area contributed by atoms with Gasteiger partial charge >= 0.3 is 0 Å². The van der Waals surface area contributed by atoms with Crippen molar-refractivity contribution in [1.82, 2.24) is 4.98 Å². The van der Waals surface area contributed by atoms with E-state index in [1.165, 1.54) is 11.1 Å². The Hall–Kier alpha value is -2.95. The van der Waals surface area contributed by atoms with Gasteiger partial charge in [0.15, 0.2) is 5.96 Å². The quantitative estimate of drug-likeness (QED) is 0.497. The van der Waals surface area contributed by atoms with E-state index in [0.717, 1.165) is 28.8 Å². The monoisotopic (exact) mass is 322 g/mol. The number of ether oxygens (including phenoxy) is 1. The van der Waals surface area contributed by atoms with Crippen LogP contribution in [-0.2, 0) is 6.42 Å². The van der Waals surface area contributed by atoms with Gasteiger partial charge in [-0.3, -0.25) is 4.99 Å². The van der Waals surface area contributed by atoms with Crippen LogP contribution in [0.1, 0.15) is 11.1 Å². The van der Waals surface area contributed by atoms with Crippen LogP contribution in [-0.4, -0.2) is 24.6 Å². The van der Waals surface area contributed by atoms with Crippen molar-refractivity contribution in [1.29, 1.82) is 0 Å². The smallest absolute Gasteiger partial charge is 0.193 e. The van der Waals surface area contributed by atoms with Crippen LogP contribution >= 0.6 is 0 Å². The van der Waals surface area contributed by atoms with E-state index in [0.29, 0.717) is 12.5 Å². The highest BCUT2D eigenvalue weighted by Gasteiger charge is 2.08. The maximum Gasteiger partial charge on any atom is 0.193 e. The fraction of sp³-hybridized carbons (Fsp3) is 0.211. The Bertz CT molecular complexity index is 867. The van der Waals surface area contributed by atoms with E-state index in [-0.39, 0.29) is 0 Å². The molecule has 0 atom stereocenters. The molecule has 24 heavy (non-hydrogen) atoms. The lowest BCUT2D eigenvalue weighted by Gasteiger charge is -2.07. The number of methoxy groups -OCH3 is 1. The van der Waals surface area contributed by atoms with Crippen LogP contribution in [0, 0.1) is 6.92 Å². The first-order valence-electron chi connectivity index (χ1n) is 7.94. The molecule has 0 aliphatic heterocycles. The minimum atomic E-state index is 0.424. The van der Waals surface area contributed by atoms with E-state index in [1.54, 1.807) is 7.11 Å². The zero-order valence-electron chi connectivity index (χ0n) is 14.0. The van der Waals surface area contributed by atoms with Gasteiger partial charge in [-0.1, -0.05) is 18.2 Å². The van der Waals surface area contributed by atoms with Crippen LogP contribution in [0.3, 0.4) is 0 Å². The number of aromatic nitrogens is 1. The van der Waals surface area contributed by atoms with Gasteiger partial charge in [0, 0.05) is 29.3 Å². The lowest BCUT2D eigenvalue weighted by molar-refractivity contribution is 0.419. The van der Waals surface area contributed by atoms with Gasteiger partial charge < -0.3 is 20.8 Å². The fourth-order valence-electron chi connectivity index (χ4n) is 2.79. The van der Waals surface area contributed by atoms with Gasteiger partial charge in [-0.2, -0.15) is 0 Å². The molecule has 0 aliphatic rings. The van der Waals surface area contributed by atoms with Crippen molar-refractivity contribution < 1.29 is 4.74 Å². The average molecular weight is 322 g/mol. The lowest BCUT2D eigenvalue weighted by Crippen LogP contribution is -2.23. The zero-order valence-corrected chi connectivity index (χ0v) is 14.0. The summed E-state index contributed by atoms with van der Waals surface area (Å²) in [5, 5.41) is 4.23. The van der Waals surface area contributed by atoms with Gasteiger partial charge in [0.1, 0.15) is 5.75 Å². The van der Waals surface area contributed by atoms with Crippen LogP contribution in [0.15, 0.2) is 53.7 Å². The number of aliphatic imine (C=N–C) groups is 1. The number of fused-ring (bicyclic) bond motifs is 1. The van der Waals surface area contributed by atoms with Gasteiger partial charge in [0.25, 0.3) is 0 Å². The van der Waals surface area contributed by atoms with Gasteiger partial charge in [-0.05, 0) is 48.7 Å². The van der Waals surface area contributed by atoms with Crippen LogP contribution < -0.4 is 15.8 Å². The molecule has 5 heteroatoms. The van der Waals surface area contributed by atoms with Crippen LogP contribution in [0.5, 0.6) is 5.75 Å². The Kier molecular flexibility index (Phi) is 4.70. The number of nitrogens with two attached hydrogens (primary N) is 1. The van der Waals surface area contributed by atoms with Gasteiger partial charge in [0.05, 0.1) is 7.11 Å². The number of H-pyrrole nitrogens is 1. The third kappa shape index (κ3) is 3.51. The largest absolute Gasteiger partial charge is 0.496 e. The second kappa shape index (κ2) is 7.08. The van der Waals surface area contributed by atoms with Crippen molar-refractivity contribution in [3.05, 3.63) is 59.8 Å². The van der Waals surface area contributed by atoms with Crippen LogP contribution in [0.25, 0.3) is 10.9 Å². The summed E-state index contributed by atoms with van der Waals surface area (Å²) in [6.45, 7) is 2.65. The molecule has 0 spiro atoms. The van der Waals surface area contributed by atoms with Gasteiger partial charge in [0.2, 0.25) is 0 Å². The van der Waals surface area contributed by atoms with Crippen LogP contribution in [0.2, 0.25) is 0 Å². The molecule has 0 saturated heterocycles. The molecule has 0 bridgehead atoms. The van der Waals surface area contributed by atoms with E-state index in [4.69, 9.17) is 10.5 Å². The molecule has 4 N–H and O–H groups in total. The molecule has 0 aliphatic carbocycles. The average Bonchev–Trinajstić information content (AvgIpc) is 2.98. The van der Waals surface area contributed by atoms with Crippen molar-refractivity contribution in [3.63, 3.8) is 0 Å². The minimum Gasteiger partial charge on any atom is -0.496 e. The topological polar surface area (TPSA) is 75.4 Å². The van der Waals surface area contributed by atoms with E-state index in [2.05, 4.69) is 15.3 Å². The molecule has 0 saturated carbocycles. The van der Waals surface area contributed by atoms with E-state index in [9.17, 15) is 0 Å². The number of aromatic amines is 1. The number of guanidine groups is 1. The highest BCUT2D eigenvalue weighted by Crippen LogP contribution is 2.28. The standard InChI is InChI=1S/C19H22N4O/c1-13-5-3-6-15(11-13)23-19(20)21-10-9-14-12-22-16-7-4-8-17(24-2)18(14)16/h3-8,11-12,22H,9-10H2,1-2H3,(H3,20,21,23). The number of benzene rings is 2. The first kappa shape index (κ1) is 15.9. The van der Waals surface area contributed by atoms with Crippen molar-refractivity contribution in [3.8, 4) is 5.75 Å². The second-order valence-corrected chi connectivity index (χ2v) is 5.71. The predicted octanol–water partition coefficient (Wildman–Crippen LogP) is 3.45. The molecule has 124 valence electrons. The van der Waals surface area contributed by atoms with Gasteiger partial charge in [-0.15, -0.1) is 0 Å². The first-order valence-corrected chi connectivity index (χ1v) is 7.94. The Labute approximate surface area is 141 Å². The normalized spacial score (nSPS) is 11.7. The SMILES string of the molecule is COc1cccc2[nH]cc(CCN=C(N)Nc3cccc(C)c3)c12. The van der Waals surface area contributed by atoms with Crippen molar-refractivity contribution >= 4 is 22.5 Å². The number of hydrogen-bond acceptors (Lipinski definition) is 2. The van der Waals surface area contributed by atoms with Crippen molar-refractivity contribution in [2.75, 3.05) is 19.0 Å². The molecule has 3 rings (SSSR count). The predicted molar refractivity (Wildman–Crippen MR) is 99.8 cm³/mol. The maximum atomic E-state index is 5.97. The third-order valence-corrected chi connectivity index (χ3v) is 3.92. The number of rotatable bonds is 5. The molecule has 1 aromatic heterocycles. The van der Waals surface area contributed by atoms with E-state index >= 15 is 0 Å². The molecule has 0 unspecified atom stereocenters. The fourth-order valence-corrected chi connectivity index (χ4v) is 2.79. The molecular formula is C19H22N4O. The number of anilines is 1. The molecule has 1 heterocycles. The summed E-state index contributed by atoms with van der Waals surface area (Å²) < 4.78 is 5.45. The highest BCUT2D eigenvalue weighted by atomic mass is 16.5. The second-order valence-electron chi connectivity index (χ2n) is 5.71. The molecule has 0 fully saturated rings. The Morgan fingerprint density at radius 3 is 2.88 bits per heavy atom. The Balaban J connectivity index is 1.67. The Morgan fingerprint density at radius 1 is 1.25 bits per heavy atom. The summed E-state index contributed by atoms with van der Waals surface area (Å²) in [5.41, 5.74) is 10.3. The summed E-state index contributed by atoms with van der Waals surface area (Å²) in [7, 11) is 1.69. The summed E-state index contributed by atoms with van der Waals surface area (Å²) in [6, 6.07) is 14.0. The van der Waals surface area contributed by atoms with Gasteiger partial charge in [-0.25, -0.2) is 0 Å². The lowest BCUT2D eigenvalue weighted by atomic mass is 10.1. The number of nitrogens with one attached hydrogen (secondary N) is 2. The molecule has 0 radical (unpaired) electrons. The first-order chi connectivity index (χ1) is 11.7. The zero-order chi connectivity index (χ0) is 16.9. The summed E-state index contributed by atoms with van der Waals surface area (Å²) in [4.78, 5) is 7.69.